The molecule has 1 fully saturated rings. The summed E-state index contributed by atoms with van der Waals surface area (Å²) in [6.07, 6.45) is 1.80. The fraction of sp³-hybridized carbons (Fsp3) is 0.368. The number of carbonyl (C=O) groups is 1. The second-order valence-electron chi connectivity index (χ2n) is 6.42. The van der Waals surface area contributed by atoms with Crippen molar-refractivity contribution >= 4 is 48.9 Å². The number of amides is 1. The first kappa shape index (κ1) is 26.4. The Morgan fingerprint density at radius 1 is 1.11 bits per heavy atom. The van der Waals surface area contributed by atoms with Crippen LogP contribution in [-0.4, -0.2) is 49.0 Å². The number of carbonyl (C=O) groups excluding carboxylic acids is 1. The lowest BCUT2D eigenvalue weighted by Crippen LogP contribution is -2.44. The molecular formula is C19H28Cl3N5O. The van der Waals surface area contributed by atoms with Gasteiger partial charge in [0.05, 0.1) is 0 Å². The molecule has 6 nitrogen and oxygen atoms in total. The first-order valence-electron chi connectivity index (χ1n) is 8.60. The van der Waals surface area contributed by atoms with E-state index in [0.717, 1.165) is 43.1 Å². The number of rotatable bonds is 5. The molecule has 2 aromatic rings. The molecule has 1 atom stereocenters. The number of hydrogen-bond acceptors (Lipinski definition) is 5. The molecule has 0 saturated carbocycles. The average Bonchev–Trinajstić information content (AvgIpc) is 2.67. The second kappa shape index (κ2) is 12.8. The summed E-state index contributed by atoms with van der Waals surface area (Å²) in [6.45, 7) is 4.46. The van der Waals surface area contributed by atoms with Gasteiger partial charge in [-0.05, 0) is 30.3 Å². The van der Waals surface area contributed by atoms with Gasteiger partial charge in [-0.3, -0.25) is 4.79 Å². The van der Waals surface area contributed by atoms with Gasteiger partial charge < -0.3 is 20.9 Å². The monoisotopic (exact) mass is 447 g/mol. The molecule has 3 rings (SSSR count). The molecule has 1 aromatic carbocycles. The summed E-state index contributed by atoms with van der Waals surface area (Å²) in [5.41, 5.74) is 7.86. The van der Waals surface area contributed by atoms with Crippen LogP contribution in [0, 0.1) is 0 Å². The van der Waals surface area contributed by atoms with Gasteiger partial charge in [0.15, 0.2) is 0 Å². The average molecular weight is 449 g/mol. The molecule has 2 heterocycles. The largest absolute Gasteiger partial charge is 0.354 e. The molecule has 1 unspecified atom stereocenters. The summed E-state index contributed by atoms with van der Waals surface area (Å²) in [6, 6.07) is 12.7. The van der Waals surface area contributed by atoms with E-state index in [1.807, 2.05) is 42.5 Å². The smallest absolute Gasteiger partial charge is 0.241 e. The minimum Gasteiger partial charge on any atom is -0.354 e. The van der Waals surface area contributed by atoms with Crippen molar-refractivity contribution in [3.05, 3.63) is 59.8 Å². The molecule has 1 aromatic heterocycles. The molecule has 1 aliphatic heterocycles. The number of hydrogen-bond donors (Lipinski definition) is 2. The van der Waals surface area contributed by atoms with Crippen LogP contribution in [0.2, 0.25) is 0 Å². The fourth-order valence-electron chi connectivity index (χ4n) is 2.89. The van der Waals surface area contributed by atoms with Crippen molar-refractivity contribution in [3.8, 4) is 0 Å². The normalized spacial score (nSPS) is 14.7. The maximum atomic E-state index is 12.3. The zero-order valence-electron chi connectivity index (χ0n) is 15.8. The number of nitrogens with one attached hydrogen (secondary N) is 1. The molecule has 0 aliphatic carbocycles. The summed E-state index contributed by atoms with van der Waals surface area (Å²) in [5, 5.41) is 2.92. The highest BCUT2D eigenvalue weighted by Crippen LogP contribution is 2.15. The molecule has 1 amide bonds. The van der Waals surface area contributed by atoms with Crippen molar-refractivity contribution in [1.82, 2.24) is 15.2 Å². The van der Waals surface area contributed by atoms with Gasteiger partial charge in [0.25, 0.3) is 0 Å². The molecule has 0 bridgehead atoms. The molecule has 156 valence electrons. The minimum atomic E-state index is -0.653. The van der Waals surface area contributed by atoms with Gasteiger partial charge in [-0.1, -0.05) is 30.3 Å². The number of benzene rings is 1. The third kappa shape index (κ3) is 7.11. The zero-order chi connectivity index (χ0) is 17.6. The van der Waals surface area contributed by atoms with E-state index in [-0.39, 0.29) is 43.1 Å². The Balaban J connectivity index is 0.00000243. The van der Waals surface area contributed by atoms with Gasteiger partial charge in [-0.15, -0.1) is 37.2 Å². The van der Waals surface area contributed by atoms with E-state index in [1.54, 1.807) is 6.20 Å². The van der Waals surface area contributed by atoms with Crippen LogP contribution in [-0.2, 0) is 11.3 Å². The molecule has 1 aliphatic rings. The van der Waals surface area contributed by atoms with Crippen LogP contribution in [0.5, 0.6) is 0 Å². The highest BCUT2D eigenvalue weighted by atomic mass is 35.5. The van der Waals surface area contributed by atoms with E-state index in [9.17, 15) is 4.79 Å². The topological polar surface area (TPSA) is 74.5 Å². The first-order chi connectivity index (χ1) is 12.1. The van der Waals surface area contributed by atoms with Crippen LogP contribution in [0.4, 0.5) is 5.82 Å². The van der Waals surface area contributed by atoms with Crippen molar-refractivity contribution in [2.45, 2.75) is 12.6 Å². The van der Waals surface area contributed by atoms with Gasteiger partial charge in [-0.25, -0.2) is 4.98 Å². The van der Waals surface area contributed by atoms with Crippen molar-refractivity contribution in [3.63, 3.8) is 0 Å². The third-order valence-corrected chi connectivity index (χ3v) is 4.55. The maximum Gasteiger partial charge on any atom is 0.241 e. The van der Waals surface area contributed by atoms with E-state index in [1.165, 1.54) is 0 Å². The van der Waals surface area contributed by atoms with Crippen molar-refractivity contribution < 1.29 is 4.79 Å². The van der Waals surface area contributed by atoms with E-state index >= 15 is 0 Å². The van der Waals surface area contributed by atoms with Crippen LogP contribution < -0.4 is 16.0 Å². The Kier molecular flexibility index (Phi) is 12.1. The predicted octanol–water partition coefficient (Wildman–Crippen LogP) is 2.42. The fourth-order valence-corrected chi connectivity index (χ4v) is 2.89. The number of piperazine rings is 1. The number of pyridine rings is 1. The van der Waals surface area contributed by atoms with Crippen LogP contribution >= 0.6 is 37.2 Å². The summed E-state index contributed by atoms with van der Waals surface area (Å²) in [5.74, 6) is 0.788. The number of halogens is 3. The summed E-state index contributed by atoms with van der Waals surface area (Å²) < 4.78 is 0. The number of aromatic nitrogens is 1. The molecule has 9 heteroatoms. The van der Waals surface area contributed by atoms with Crippen LogP contribution in [0.25, 0.3) is 0 Å². The van der Waals surface area contributed by atoms with Gasteiger partial charge in [0.1, 0.15) is 11.9 Å². The Morgan fingerprint density at radius 3 is 2.39 bits per heavy atom. The Morgan fingerprint density at radius 2 is 1.75 bits per heavy atom. The van der Waals surface area contributed by atoms with Gasteiger partial charge in [0, 0.05) is 38.9 Å². The first-order valence-corrected chi connectivity index (χ1v) is 8.60. The van der Waals surface area contributed by atoms with E-state index < -0.39 is 6.04 Å². The van der Waals surface area contributed by atoms with Gasteiger partial charge in [0.2, 0.25) is 5.91 Å². The molecule has 3 N–H and O–H groups in total. The summed E-state index contributed by atoms with van der Waals surface area (Å²) in [7, 11) is 2.13. The predicted molar refractivity (Wildman–Crippen MR) is 121 cm³/mol. The summed E-state index contributed by atoms with van der Waals surface area (Å²) in [4.78, 5) is 21.3. The highest BCUT2D eigenvalue weighted by Gasteiger charge is 2.17. The van der Waals surface area contributed by atoms with Gasteiger partial charge in [-0.2, -0.15) is 0 Å². The number of nitrogens with zero attached hydrogens (tertiary/aromatic N) is 3. The second-order valence-corrected chi connectivity index (χ2v) is 6.42. The SMILES string of the molecule is CN1CCN(c2cc(CNC(=O)C(N)c3ccccc3)ccn2)CC1.Cl.Cl.Cl. The van der Waals surface area contributed by atoms with E-state index in [0.29, 0.717) is 6.54 Å². The lowest BCUT2D eigenvalue weighted by molar-refractivity contribution is -0.122. The molecule has 28 heavy (non-hydrogen) atoms. The number of nitrogens with two attached hydrogens (primary N) is 1. The Hall–Kier alpha value is -1.57. The number of anilines is 1. The molecular weight excluding hydrogens is 421 g/mol. The quantitative estimate of drug-likeness (QED) is 0.735. The van der Waals surface area contributed by atoms with E-state index in [2.05, 4.69) is 27.1 Å². The lowest BCUT2D eigenvalue weighted by Gasteiger charge is -2.33. The molecule has 0 spiro atoms. The standard InChI is InChI=1S/C19H25N5O.3ClH/c1-23-9-11-24(12-10-23)17-13-15(7-8-21-17)14-22-19(25)18(20)16-5-3-2-4-6-16;;;/h2-8,13,18H,9-12,14,20H2,1H3,(H,22,25);3*1H. The maximum absolute atomic E-state index is 12.3. The zero-order valence-corrected chi connectivity index (χ0v) is 18.2. The molecule has 0 radical (unpaired) electrons. The third-order valence-electron chi connectivity index (χ3n) is 4.55. The van der Waals surface area contributed by atoms with Crippen LogP contribution in [0.3, 0.4) is 0 Å². The van der Waals surface area contributed by atoms with E-state index in [4.69, 9.17) is 5.73 Å². The molecule has 1 saturated heterocycles. The Labute approximate surface area is 185 Å². The van der Waals surface area contributed by atoms with Crippen molar-refractivity contribution in [2.75, 3.05) is 38.1 Å². The number of likely N-dealkylation sites (N-methyl/N-ethyl adjacent to an activating group) is 1. The lowest BCUT2D eigenvalue weighted by atomic mass is 10.1. The van der Waals surface area contributed by atoms with Crippen LogP contribution in [0.15, 0.2) is 48.7 Å². The summed E-state index contributed by atoms with van der Waals surface area (Å²) >= 11 is 0. The van der Waals surface area contributed by atoms with Crippen LogP contribution in [0.1, 0.15) is 17.2 Å². The highest BCUT2D eigenvalue weighted by molar-refractivity contribution is 5.86. The minimum absolute atomic E-state index is 0. The van der Waals surface area contributed by atoms with Crippen molar-refractivity contribution in [2.24, 2.45) is 5.73 Å². The van der Waals surface area contributed by atoms with Gasteiger partial charge >= 0.3 is 0 Å². The van der Waals surface area contributed by atoms with Crippen molar-refractivity contribution in [1.29, 1.82) is 0 Å². The Bertz CT molecular complexity index is 712.